The summed E-state index contributed by atoms with van der Waals surface area (Å²) in [5.41, 5.74) is 4.23. The molecule has 0 saturated heterocycles. The first-order valence-corrected chi connectivity index (χ1v) is 11.4. The van der Waals surface area contributed by atoms with E-state index in [2.05, 4.69) is 21.9 Å². The van der Waals surface area contributed by atoms with Crippen molar-refractivity contribution >= 4 is 34.1 Å². The van der Waals surface area contributed by atoms with Gasteiger partial charge in [-0.15, -0.1) is 11.8 Å². The molecule has 5 nitrogen and oxygen atoms in total. The van der Waals surface area contributed by atoms with Crippen molar-refractivity contribution in [1.82, 2.24) is 15.3 Å². The number of allylic oxidation sites excluding steroid dienone is 1. The summed E-state index contributed by atoms with van der Waals surface area (Å²) >= 11 is 1.35. The molecule has 1 amide bonds. The number of aryl methyl sites for hydroxylation is 2. The highest BCUT2D eigenvalue weighted by Gasteiger charge is 2.29. The molecule has 1 atom stereocenters. The van der Waals surface area contributed by atoms with Crippen LogP contribution in [-0.4, -0.2) is 27.6 Å². The van der Waals surface area contributed by atoms with Gasteiger partial charge in [0, 0.05) is 17.3 Å². The summed E-state index contributed by atoms with van der Waals surface area (Å²) in [6.07, 6.45) is 3.69. The Morgan fingerprint density at radius 2 is 1.97 bits per heavy atom. The third-order valence-electron chi connectivity index (χ3n) is 5.08. The van der Waals surface area contributed by atoms with E-state index in [0.717, 1.165) is 39.0 Å². The summed E-state index contributed by atoms with van der Waals surface area (Å²) in [5, 5.41) is 4.03. The number of nitrogens with one attached hydrogen (secondary N) is 1. The minimum absolute atomic E-state index is 0.202. The Morgan fingerprint density at radius 1 is 1.23 bits per heavy atom. The van der Waals surface area contributed by atoms with Crippen molar-refractivity contribution < 1.29 is 9.53 Å². The van der Waals surface area contributed by atoms with Crippen LogP contribution in [-0.2, 0) is 10.3 Å². The van der Waals surface area contributed by atoms with Gasteiger partial charge in [-0.2, -0.15) is 0 Å². The number of ether oxygens (including phenoxy) is 1. The number of carbonyl (C=O) groups excluding carboxylic acids is 1. The van der Waals surface area contributed by atoms with Gasteiger partial charge in [0.2, 0.25) is 5.44 Å². The van der Waals surface area contributed by atoms with Gasteiger partial charge in [-0.1, -0.05) is 12.6 Å². The second-order valence-corrected chi connectivity index (χ2v) is 9.18. The molecule has 162 valence electrons. The van der Waals surface area contributed by atoms with Crippen molar-refractivity contribution in [2.45, 2.75) is 45.6 Å². The maximum absolute atomic E-state index is 13.0. The normalized spacial score (nSPS) is 12.5. The van der Waals surface area contributed by atoms with Gasteiger partial charge in [0.25, 0.3) is 5.91 Å². The van der Waals surface area contributed by atoms with Crippen molar-refractivity contribution in [3.05, 3.63) is 71.7 Å². The predicted octanol–water partition coefficient (Wildman–Crippen LogP) is 5.40. The molecule has 0 aliphatic carbocycles. The lowest BCUT2D eigenvalue weighted by molar-refractivity contribution is -0.126. The Balaban J connectivity index is 1.83. The van der Waals surface area contributed by atoms with Crippen molar-refractivity contribution in [1.29, 1.82) is 0 Å². The Morgan fingerprint density at radius 3 is 2.61 bits per heavy atom. The number of pyridine rings is 2. The maximum Gasteiger partial charge on any atom is 0.272 e. The monoisotopic (exact) mass is 435 g/mol. The SMILES string of the molecule is C=C(C)c1cnc2c(C)cc(OC(SC)C(=O)NC(C)(C)c3cccc(C)n3)cc2c1. The number of hydrogen-bond donors (Lipinski definition) is 1. The second-order valence-electron chi connectivity index (χ2n) is 8.28. The third kappa shape index (κ3) is 5.25. The third-order valence-corrected chi connectivity index (χ3v) is 5.81. The number of thioether (sulfide) groups is 1. The van der Waals surface area contributed by atoms with Gasteiger partial charge in [0.1, 0.15) is 5.75 Å². The van der Waals surface area contributed by atoms with Gasteiger partial charge in [0.05, 0.1) is 16.7 Å². The lowest BCUT2D eigenvalue weighted by atomic mass is 9.99. The maximum atomic E-state index is 13.0. The van der Waals surface area contributed by atoms with Gasteiger partial charge in [-0.25, -0.2) is 0 Å². The highest BCUT2D eigenvalue weighted by atomic mass is 32.2. The minimum Gasteiger partial charge on any atom is -0.470 e. The molecule has 6 heteroatoms. The number of benzene rings is 1. The van der Waals surface area contributed by atoms with Crippen LogP contribution < -0.4 is 10.1 Å². The highest BCUT2D eigenvalue weighted by Crippen LogP contribution is 2.28. The Kier molecular flexibility index (Phi) is 6.70. The summed E-state index contributed by atoms with van der Waals surface area (Å²) < 4.78 is 6.10. The van der Waals surface area contributed by atoms with E-state index in [0.29, 0.717) is 5.75 Å². The van der Waals surface area contributed by atoms with Crippen molar-refractivity contribution in [3.63, 3.8) is 0 Å². The molecule has 31 heavy (non-hydrogen) atoms. The molecule has 2 aromatic heterocycles. The van der Waals surface area contributed by atoms with Crippen LogP contribution in [0.4, 0.5) is 0 Å². The highest BCUT2D eigenvalue weighted by molar-refractivity contribution is 7.99. The first kappa shape index (κ1) is 22.8. The number of amides is 1. The molecule has 1 aromatic carbocycles. The average molecular weight is 436 g/mol. The van der Waals surface area contributed by atoms with Gasteiger partial charge in [-0.05, 0) is 87.9 Å². The van der Waals surface area contributed by atoms with E-state index in [-0.39, 0.29) is 5.91 Å². The fourth-order valence-corrected chi connectivity index (χ4v) is 3.83. The van der Waals surface area contributed by atoms with Crippen LogP contribution >= 0.6 is 11.8 Å². The van der Waals surface area contributed by atoms with Crippen molar-refractivity contribution in [2.24, 2.45) is 0 Å². The van der Waals surface area contributed by atoms with Crippen LogP contribution in [0, 0.1) is 13.8 Å². The molecule has 1 unspecified atom stereocenters. The zero-order chi connectivity index (χ0) is 22.8. The molecule has 0 fully saturated rings. The number of rotatable bonds is 7. The van der Waals surface area contributed by atoms with Crippen LogP contribution in [0.3, 0.4) is 0 Å². The zero-order valence-corrected chi connectivity index (χ0v) is 19.8. The zero-order valence-electron chi connectivity index (χ0n) is 18.9. The molecule has 0 radical (unpaired) electrons. The molecular formula is C25H29N3O2S. The van der Waals surface area contributed by atoms with E-state index in [1.807, 2.05) is 83.5 Å². The van der Waals surface area contributed by atoms with E-state index in [1.54, 1.807) is 0 Å². The summed E-state index contributed by atoms with van der Waals surface area (Å²) in [6, 6.07) is 11.7. The first-order valence-electron chi connectivity index (χ1n) is 10.1. The van der Waals surface area contributed by atoms with Crippen LogP contribution in [0.15, 0.2) is 49.2 Å². The molecule has 0 aliphatic heterocycles. The number of carbonyl (C=O) groups is 1. The van der Waals surface area contributed by atoms with E-state index >= 15 is 0 Å². The van der Waals surface area contributed by atoms with Crippen LogP contribution in [0.5, 0.6) is 5.75 Å². The molecule has 2 heterocycles. The van der Waals surface area contributed by atoms with Gasteiger partial charge in [0.15, 0.2) is 0 Å². The molecule has 0 bridgehead atoms. The Hall–Kier alpha value is -2.86. The number of hydrogen-bond acceptors (Lipinski definition) is 5. The van der Waals surface area contributed by atoms with Gasteiger partial charge >= 0.3 is 0 Å². The Bertz CT molecular complexity index is 1140. The molecule has 3 aromatic rings. The quantitative estimate of drug-likeness (QED) is 0.504. The predicted molar refractivity (Wildman–Crippen MR) is 129 cm³/mol. The molecule has 0 spiro atoms. The largest absolute Gasteiger partial charge is 0.470 e. The standard InChI is InChI=1S/C25H29N3O2S/c1-15(2)19-12-18-13-20(11-16(3)22(18)26-14-19)30-24(31-7)23(29)28-25(5,6)21-10-8-9-17(4)27-21/h8-14,24H,1H2,2-7H3,(H,28,29). The smallest absolute Gasteiger partial charge is 0.272 e. The summed E-state index contributed by atoms with van der Waals surface area (Å²) in [6.45, 7) is 13.8. The number of nitrogens with zero attached hydrogens (tertiary/aromatic N) is 2. The van der Waals surface area contributed by atoms with Gasteiger partial charge in [-0.3, -0.25) is 14.8 Å². The van der Waals surface area contributed by atoms with E-state index in [1.165, 1.54) is 11.8 Å². The minimum atomic E-state index is -0.696. The van der Waals surface area contributed by atoms with Gasteiger partial charge < -0.3 is 10.1 Å². The van der Waals surface area contributed by atoms with Crippen molar-refractivity contribution in [3.8, 4) is 5.75 Å². The lowest BCUT2D eigenvalue weighted by Gasteiger charge is -2.28. The average Bonchev–Trinajstić information content (AvgIpc) is 2.71. The van der Waals surface area contributed by atoms with Crippen LogP contribution in [0.25, 0.3) is 16.5 Å². The first-order chi connectivity index (χ1) is 14.6. The van der Waals surface area contributed by atoms with Crippen LogP contribution in [0.2, 0.25) is 0 Å². The second kappa shape index (κ2) is 9.10. The number of fused-ring (bicyclic) bond motifs is 1. The topological polar surface area (TPSA) is 64.1 Å². The molecule has 0 aliphatic rings. The molecule has 3 rings (SSSR count). The van der Waals surface area contributed by atoms with E-state index < -0.39 is 11.0 Å². The number of aromatic nitrogens is 2. The Labute approximate surface area is 188 Å². The molecule has 1 N–H and O–H groups in total. The summed E-state index contributed by atoms with van der Waals surface area (Å²) in [4.78, 5) is 22.2. The summed E-state index contributed by atoms with van der Waals surface area (Å²) in [7, 11) is 0. The van der Waals surface area contributed by atoms with Crippen molar-refractivity contribution in [2.75, 3.05) is 6.26 Å². The summed E-state index contributed by atoms with van der Waals surface area (Å²) in [5.74, 6) is 0.430. The lowest BCUT2D eigenvalue weighted by Crippen LogP contribution is -2.47. The molecule has 0 saturated carbocycles. The van der Waals surface area contributed by atoms with Crippen LogP contribution in [0.1, 0.15) is 43.3 Å². The fraction of sp³-hybridized carbons (Fsp3) is 0.320. The van der Waals surface area contributed by atoms with E-state index in [4.69, 9.17) is 4.74 Å². The molecular weight excluding hydrogens is 406 g/mol. The fourth-order valence-electron chi connectivity index (χ4n) is 3.35. The van der Waals surface area contributed by atoms with E-state index in [9.17, 15) is 4.79 Å².